The summed E-state index contributed by atoms with van der Waals surface area (Å²) in [4.78, 5) is 0. The van der Waals surface area contributed by atoms with Crippen molar-refractivity contribution in [2.45, 2.75) is 24.7 Å². The Bertz CT molecular complexity index is 307. The molecule has 0 aliphatic heterocycles. The number of nitrogens with zero attached hydrogens (tertiary/aromatic N) is 3. The van der Waals surface area contributed by atoms with Crippen molar-refractivity contribution < 1.29 is 0 Å². The molecule has 0 aromatic carbocycles. The van der Waals surface area contributed by atoms with Gasteiger partial charge in [0.15, 0.2) is 5.82 Å². The predicted octanol–water partition coefficient (Wildman–Crippen LogP) is -1.05. The zero-order valence-electron chi connectivity index (χ0n) is 7.40. The van der Waals surface area contributed by atoms with E-state index >= 15 is 0 Å². The van der Waals surface area contributed by atoms with Crippen molar-refractivity contribution in [3.8, 4) is 0 Å². The van der Waals surface area contributed by atoms with Crippen molar-refractivity contribution in [1.82, 2.24) is 14.9 Å². The van der Waals surface area contributed by atoms with Crippen LogP contribution in [0.1, 0.15) is 25.1 Å². The summed E-state index contributed by atoms with van der Waals surface area (Å²) in [5, 5.41) is 7.69. The Balaban J connectivity index is 2.38. The van der Waals surface area contributed by atoms with E-state index in [1.807, 2.05) is 0 Å². The zero-order chi connectivity index (χ0) is 9.47. The Hall–Kier alpha value is -1.30. The summed E-state index contributed by atoms with van der Waals surface area (Å²) in [7, 11) is 0. The van der Waals surface area contributed by atoms with E-state index in [1.165, 1.54) is 11.1 Å². The number of hydrogen-bond acceptors (Lipinski definition) is 5. The van der Waals surface area contributed by atoms with E-state index in [9.17, 15) is 0 Å². The normalized spacial score (nSPS) is 19.8. The highest BCUT2D eigenvalue weighted by atomic mass is 15.4. The third-order valence-electron chi connectivity index (χ3n) is 2.90. The second-order valence-corrected chi connectivity index (χ2v) is 3.59. The van der Waals surface area contributed by atoms with Gasteiger partial charge in [-0.05, 0) is 12.8 Å². The Kier molecular flexibility index (Phi) is 1.66. The minimum atomic E-state index is -0.0701. The maximum Gasteiger partial charge on any atom is 0.240 e. The van der Waals surface area contributed by atoms with E-state index in [-0.39, 0.29) is 11.4 Å². The first kappa shape index (κ1) is 8.31. The van der Waals surface area contributed by atoms with Crippen LogP contribution in [0.25, 0.3) is 0 Å². The lowest BCUT2D eigenvalue weighted by molar-refractivity contribution is 0.233. The minimum absolute atomic E-state index is 0.0701. The van der Waals surface area contributed by atoms with Crippen LogP contribution in [-0.2, 0) is 5.41 Å². The average molecular weight is 182 g/mol. The number of rotatable bonds is 2. The molecule has 1 aromatic rings. The first-order valence-electron chi connectivity index (χ1n) is 4.36. The van der Waals surface area contributed by atoms with Gasteiger partial charge >= 0.3 is 0 Å². The molecule has 0 bridgehead atoms. The minimum Gasteiger partial charge on any atom is -0.366 e. The van der Waals surface area contributed by atoms with Crippen LogP contribution in [0.4, 0.5) is 5.95 Å². The first-order chi connectivity index (χ1) is 6.19. The molecule has 1 aromatic heterocycles. The van der Waals surface area contributed by atoms with Crippen molar-refractivity contribution in [3.05, 3.63) is 5.82 Å². The van der Waals surface area contributed by atoms with E-state index in [0.29, 0.717) is 6.54 Å². The molecule has 1 heterocycles. The highest BCUT2D eigenvalue weighted by Crippen LogP contribution is 2.41. The molecule has 0 unspecified atom stereocenters. The molecule has 1 fully saturated rings. The summed E-state index contributed by atoms with van der Waals surface area (Å²) in [6.07, 6.45) is 3.22. The molecule has 0 saturated heterocycles. The highest BCUT2D eigenvalue weighted by molar-refractivity contribution is 5.24. The van der Waals surface area contributed by atoms with Gasteiger partial charge in [0.25, 0.3) is 0 Å². The summed E-state index contributed by atoms with van der Waals surface area (Å²) in [6, 6.07) is 0. The van der Waals surface area contributed by atoms with Crippen LogP contribution in [0.5, 0.6) is 0 Å². The monoisotopic (exact) mass is 182 g/mol. The average Bonchev–Trinajstić information content (AvgIpc) is 2.35. The van der Waals surface area contributed by atoms with Gasteiger partial charge in [-0.2, -0.15) is 0 Å². The molecular formula is C7H14N6. The van der Waals surface area contributed by atoms with Crippen molar-refractivity contribution in [1.29, 1.82) is 0 Å². The second kappa shape index (κ2) is 2.59. The lowest BCUT2D eigenvalue weighted by Crippen LogP contribution is -2.44. The van der Waals surface area contributed by atoms with Crippen LogP contribution in [0.15, 0.2) is 0 Å². The third-order valence-corrected chi connectivity index (χ3v) is 2.90. The maximum absolute atomic E-state index is 5.70. The van der Waals surface area contributed by atoms with Crippen LogP contribution in [-0.4, -0.2) is 21.4 Å². The van der Waals surface area contributed by atoms with Crippen LogP contribution in [0.2, 0.25) is 0 Å². The number of hydrogen-bond donors (Lipinski definition) is 3. The van der Waals surface area contributed by atoms with E-state index in [2.05, 4.69) is 10.2 Å². The number of nitrogen functional groups attached to an aromatic ring is 2. The molecule has 1 aliphatic carbocycles. The summed E-state index contributed by atoms with van der Waals surface area (Å²) in [5.74, 6) is 6.65. The molecule has 0 radical (unpaired) electrons. The fourth-order valence-electron chi connectivity index (χ4n) is 1.79. The van der Waals surface area contributed by atoms with Gasteiger partial charge in [0, 0.05) is 12.0 Å². The van der Waals surface area contributed by atoms with Crippen LogP contribution < -0.4 is 17.3 Å². The topological polar surface area (TPSA) is 109 Å². The molecule has 1 saturated carbocycles. The van der Waals surface area contributed by atoms with Gasteiger partial charge in [-0.3, -0.25) is 0 Å². The Morgan fingerprint density at radius 3 is 2.38 bits per heavy atom. The summed E-state index contributed by atoms with van der Waals surface area (Å²) >= 11 is 0. The summed E-state index contributed by atoms with van der Waals surface area (Å²) in [5.41, 5.74) is 11.1. The molecule has 72 valence electrons. The zero-order valence-corrected chi connectivity index (χ0v) is 7.40. The second-order valence-electron chi connectivity index (χ2n) is 3.59. The lowest BCUT2D eigenvalue weighted by atomic mass is 9.68. The molecule has 6 N–H and O–H groups in total. The fourth-order valence-corrected chi connectivity index (χ4v) is 1.79. The molecule has 0 spiro atoms. The van der Waals surface area contributed by atoms with Gasteiger partial charge in [-0.25, -0.2) is 4.68 Å². The van der Waals surface area contributed by atoms with Crippen molar-refractivity contribution in [3.63, 3.8) is 0 Å². The Morgan fingerprint density at radius 1 is 1.38 bits per heavy atom. The van der Waals surface area contributed by atoms with Gasteiger partial charge < -0.3 is 17.3 Å². The Morgan fingerprint density at radius 2 is 2.08 bits per heavy atom. The first-order valence-corrected chi connectivity index (χ1v) is 4.36. The van der Waals surface area contributed by atoms with Crippen molar-refractivity contribution in [2.24, 2.45) is 5.73 Å². The molecule has 0 amide bonds. The fraction of sp³-hybridized carbons (Fsp3) is 0.714. The maximum atomic E-state index is 5.70. The quantitative estimate of drug-likeness (QED) is 0.506. The lowest BCUT2D eigenvalue weighted by Gasteiger charge is -2.39. The number of nitrogens with two attached hydrogens (primary N) is 3. The molecular weight excluding hydrogens is 168 g/mol. The molecule has 6 heteroatoms. The van der Waals surface area contributed by atoms with Gasteiger partial charge in [0.05, 0.1) is 0 Å². The third kappa shape index (κ3) is 0.983. The van der Waals surface area contributed by atoms with Crippen molar-refractivity contribution >= 4 is 5.95 Å². The number of anilines is 1. The van der Waals surface area contributed by atoms with Gasteiger partial charge in [-0.15, -0.1) is 10.2 Å². The summed E-state index contributed by atoms with van der Waals surface area (Å²) < 4.78 is 1.34. The smallest absolute Gasteiger partial charge is 0.240 e. The highest BCUT2D eigenvalue weighted by Gasteiger charge is 2.41. The number of aromatic nitrogens is 3. The van der Waals surface area contributed by atoms with Gasteiger partial charge in [-0.1, -0.05) is 6.42 Å². The van der Waals surface area contributed by atoms with Crippen LogP contribution >= 0.6 is 0 Å². The van der Waals surface area contributed by atoms with E-state index in [1.54, 1.807) is 0 Å². The van der Waals surface area contributed by atoms with E-state index in [0.717, 1.165) is 18.7 Å². The molecule has 1 aliphatic rings. The molecule has 13 heavy (non-hydrogen) atoms. The van der Waals surface area contributed by atoms with Crippen LogP contribution in [0, 0.1) is 0 Å². The largest absolute Gasteiger partial charge is 0.366 e. The van der Waals surface area contributed by atoms with Gasteiger partial charge in [0.2, 0.25) is 5.95 Å². The SMILES string of the molecule is NCC1(c2nnc(N)n2N)CCC1. The predicted molar refractivity (Wildman–Crippen MR) is 49.2 cm³/mol. The van der Waals surface area contributed by atoms with Crippen molar-refractivity contribution in [2.75, 3.05) is 18.1 Å². The van der Waals surface area contributed by atoms with E-state index < -0.39 is 0 Å². The molecule has 0 atom stereocenters. The molecule has 2 rings (SSSR count). The molecule has 6 nitrogen and oxygen atoms in total. The standard InChI is InChI=1S/C7H14N6/c8-4-7(2-1-3-7)5-11-12-6(9)13(5)10/h1-4,8,10H2,(H2,9,12). The summed E-state index contributed by atoms with van der Waals surface area (Å²) in [6.45, 7) is 0.558. The van der Waals surface area contributed by atoms with E-state index in [4.69, 9.17) is 17.3 Å². The Labute approximate surface area is 76.1 Å². The van der Waals surface area contributed by atoms with Crippen LogP contribution in [0.3, 0.4) is 0 Å². The van der Waals surface area contributed by atoms with Gasteiger partial charge in [0.1, 0.15) is 0 Å².